The summed E-state index contributed by atoms with van der Waals surface area (Å²) in [5, 5.41) is 17.9. The number of anilines is 1. The molecule has 0 spiro atoms. The molecule has 0 aromatic carbocycles. The molecule has 0 radical (unpaired) electrons. The van der Waals surface area contributed by atoms with E-state index in [0.29, 0.717) is 35.6 Å². The van der Waals surface area contributed by atoms with Gasteiger partial charge < -0.3 is 20.1 Å². The Labute approximate surface area is 159 Å². The number of rotatable bonds is 7. The first kappa shape index (κ1) is 18.2. The van der Waals surface area contributed by atoms with E-state index in [4.69, 9.17) is 4.74 Å². The Morgan fingerprint density at radius 3 is 2.93 bits per heavy atom. The van der Waals surface area contributed by atoms with Gasteiger partial charge in [-0.05, 0) is 32.8 Å². The average molecular weight is 386 g/mol. The minimum absolute atomic E-state index is 0.151. The highest BCUT2D eigenvalue weighted by Crippen LogP contribution is 2.22. The van der Waals surface area contributed by atoms with Gasteiger partial charge in [0.25, 0.3) is 5.62 Å². The first-order valence-electron chi connectivity index (χ1n) is 9.17. The highest BCUT2D eigenvalue weighted by atomic mass is 16.5. The molecule has 1 aliphatic rings. The summed E-state index contributed by atoms with van der Waals surface area (Å²) < 4.78 is 7.09. The molecule has 11 nitrogen and oxygen atoms in total. The molecule has 3 aromatic heterocycles. The van der Waals surface area contributed by atoms with Crippen molar-refractivity contribution in [1.29, 1.82) is 0 Å². The number of aromatic hydroxyl groups is 1. The second-order valence-electron chi connectivity index (χ2n) is 6.87. The molecule has 148 valence electrons. The minimum atomic E-state index is -0.494. The van der Waals surface area contributed by atoms with Crippen LogP contribution >= 0.6 is 0 Å². The van der Waals surface area contributed by atoms with Crippen LogP contribution in [0.3, 0.4) is 0 Å². The van der Waals surface area contributed by atoms with E-state index in [1.165, 1.54) is 0 Å². The third kappa shape index (κ3) is 4.03. The number of aromatic amines is 2. The van der Waals surface area contributed by atoms with E-state index in [-0.39, 0.29) is 23.7 Å². The van der Waals surface area contributed by atoms with Gasteiger partial charge in [0.1, 0.15) is 5.69 Å². The summed E-state index contributed by atoms with van der Waals surface area (Å²) in [6.07, 6.45) is 5.41. The zero-order valence-electron chi connectivity index (χ0n) is 15.6. The van der Waals surface area contributed by atoms with E-state index in [1.807, 2.05) is 13.8 Å². The van der Waals surface area contributed by atoms with Crippen molar-refractivity contribution in [3.8, 4) is 5.88 Å². The van der Waals surface area contributed by atoms with Crippen molar-refractivity contribution in [3.63, 3.8) is 0 Å². The van der Waals surface area contributed by atoms with E-state index in [0.717, 1.165) is 12.8 Å². The number of H-pyrrole nitrogens is 2. The first-order chi connectivity index (χ1) is 13.5. The molecule has 28 heavy (non-hydrogen) atoms. The van der Waals surface area contributed by atoms with Gasteiger partial charge in [-0.3, -0.25) is 4.98 Å². The summed E-state index contributed by atoms with van der Waals surface area (Å²) in [5.41, 5.74) is 0.736. The Hall–Kier alpha value is -3.21. The molecule has 0 bridgehead atoms. The van der Waals surface area contributed by atoms with Crippen LogP contribution in [0.4, 0.5) is 5.95 Å². The van der Waals surface area contributed by atoms with Gasteiger partial charge in [-0.15, -0.1) is 0 Å². The maximum Gasteiger partial charge on any atom is 0.326 e. The van der Waals surface area contributed by atoms with Gasteiger partial charge in [0.2, 0.25) is 11.8 Å². The second kappa shape index (κ2) is 7.43. The third-order valence-corrected chi connectivity index (χ3v) is 4.09. The molecule has 1 saturated carbocycles. The van der Waals surface area contributed by atoms with Crippen molar-refractivity contribution >= 4 is 17.7 Å². The molecule has 1 aliphatic carbocycles. The minimum Gasteiger partial charge on any atom is -0.493 e. The van der Waals surface area contributed by atoms with Crippen molar-refractivity contribution in [2.24, 2.45) is 4.99 Å². The summed E-state index contributed by atoms with van der Waals surface area (Å²) in [4.78, 5) is 29.8. The molecular weight excluding hydrogens is 364 g/mol. The number of nitrogens with zero attached hydrogens (tertiary/aromatic N) is 5. The van der Waals surface area contributed by atoms with Crippen molar-refractivity contribution in [3.05, 3.63) is 33.2 Å². The van der Waals surface area contributed by atoms with Crippen molar-refractivity contribution < 1.29 is 9.84 Å². The molecule has 0 saturated heterocycles. The fourth-order valence-electron chi connectivity index (χ4n) is 2.62. The van der Waals surface area contributed by atoms with Crippen LogP contribution in [-0.4, -0.2) is 60.0 Å². The number of fused-ring (bicyclic) bond motifs is 1. The quantitative estimate of drug-likeness (QED) is 0.393. The van der Waals surface area contributed by atoms with Crippen molar-refractivity contribution in [2.75, 3.05) is 18.5 Å². The third-order valence-electron chi connectivity index (χ3n) is 4.09. The zero-order chi connectivity index (χ0) is 19.7. The fraction of sp³-hybridized carbons (Fsp3) is 0.471. The monoisotopic (exact) mass is 386 g/mol. The van der Waals surface area contributed by atoms with Crippen LogP contribution < -0.4 is 21.8 Å². The number of imidazole rings is 1. The molecule has 11 heteroatoms. The van der Waals surface area contributed by atoms with Gasteiger partial charge in [0.15, 0.2) is 5.65 Å². The maximum atomic E-state index is 11.4. The standard InChI is InChI=1S/C17H22N8O3/c1-9(2)28-6-5-18-15-22-13-10(7-12-14(26)23-17(27)21-12)8-19-25(13)16(24-15)20-11-3-4-11/h7-9,11,26H,3-6H2,1-2H3,(H,18,20,24)(H2,21,23,27)/b10-7+. The van der Waals surface area contributed by atoms with Gasteiger partial charge in [0.05, 0.1) is 24.9 Å². The molecule has 0 atom stereocenters. The fourth-order valence-corrected chi connectivity index (χ4v) is 2.62. The predicted molar refractivity (Wildman–Crippen MR) is 101 cm³/mol. The summed E-state index contributed by atoms with van der Waals surface area (Å²) >= 11 is 0. The SMILES string of the molecule is CC(C)OCCNc1nc(=NC2CC2)n2nc/c(=C\c3[nH]c(=O)[nH]c3O)c2n1. The van der Waals surface area contributed by atoms with E-state index in [1.54, 1.807) is 16.8 Å². The number of hydrogen-bond donors (Lipinski definition) is 4. The predicted octanol–water partition coefficient (Wildman–Crippen LogP) is -0.706. The van der Waals surface area contributed by atoms with Crippen LogP contribution in [0.15, 0.2) is 16.0 Å². The molecule has 0 amide bonds. The molecule has 3 heterocycles. The zero-order valence-corrected chi connectivity index (χ0v) is 15.6. The van der Waals surface area contributed by atoms with Gasteiger partial charge in [0, 0.05) is 11.8 Å². The molecule has 4 N–H and O–H groups in total. The van der Waals surface area contributed by atoms with Gasteiger partial charge in [-0.2, -0.15) is 19.6 Å². The molecular formula is C17H22N8O3. The van der Waals surface area contributed by atoms with Crippen LogP contribution in [0.2, 0.25) is 0 Å². The number of nitrogens with one attached hydrogen (secondary N) is 3. The van der Waals surface area contributed by atoms with Crippen molar-refractivity contribution in [1.82, 2.24) is 29.5 Å². The lowest BCUT2D eigenvalue weighted by atomic mass is 10.3. The lowest BCUT2D eigenvalue weighted by Gasteiger charge is -2.08. The van der Waals surface area contributed by atoms with Gasteiger partial charge >= 0.3 is 5.69 Å². The lowest BCUT2D eigenvalue weighted by molar-refractivity contribution is 0.0870. The Bertz CT molecular complexity index is 1160. The maximum absolute atomic E-state index is 11.4. The summed E-state index contributed by atoms with van der Waals surface area (Å²) in [6, 6.07) is 0.261. The first-order valence-corrected chi connectivity index (χ1v) is 9.17. The number of aromatic nitrogens is 6. The van der Waals surface area contributed by atoms with Crippen LogP contribution in [0.5, 0.6) is 5.88 Å². The summed E-state index contributed by atoms with van der Waals surface area (Å²) in [7, 11) is 0. The average Bonchev–Trinajstić information content (AvgIpc) is 3.28. The highest BCUT2D eigenvalue weighted by molar-refractivity contribution is 5.57. The van der Waals surface area contributed by atoms with E-state index in [2.05, 4.69) is 35.3 Å². The molecule has 1 fully saturated rings. The molecule has 0 aliphatic heterocycles. The normalized spacial score (nSPS) is 15.8. The van der Waals surface area contributed by atoms with Crippen molar-refractivity contribution in [2.45, 2.75) is 38.8 Å². The largest absolute Gasteiger partial charge is 0.493 e. The summed E-state index contributed by atoms with van der Waals surface area (Å²) in [5.74, 6) is 0.173. The second-order valence-corrected chi connectivity index (χ2v) is 6.87. The molecule has 4 rings (SSSR count). The topological polar surface area (TPSA) is 146 Å². The number of hydrogen-bond acceptors (Lipinski definition) is 8. The van der Waals surface area contributed by atoms with E-state index >= 15 is 0 Å². The molecule has 0 unspecified atom stereocenters. The highest BCUT2D eigenvalue weighted by Gasteiger charge is 2.21. The number of ether oxygens (including phenoxy) is 1. The smallest absolute Gasteiger partial charge is 0.326 e. The van der Waals surface area contributed by atoms with E-state index < -0.39 is 5.69 Å². The molecule has 3 aromatic rings. The van der Waals surface area contributed by atoms with Crippen LogP contribution in [0.1, 0.15) is 32.4 Å². The van der Waals surface area contributed by atoms with Crippen LogP contribution in [-0.2, 0) is 4.74 Å². The Kier molecular flexibility index (Phi) is 4.82. The Morgan fingerprint density at radius 2 is 2.25 bits per heavy atom. The Morgan fingerprint density at radius 1 is 1.43 bits per heavy atom. The van der Waals surface area contributed by atoms with Gasteiger partial charge in [-0.1, -0.05) is 0 Å². The van der Waals surface area contributed by atoms with Crippen LogP contribution in [0, 0.1) is 0 Å². The lowest BCUT2D eigenvalue weighted by Crippen LogP contribution is -2.25. The Balaban J connectivity index is 1.74. The van der Waals surface area contributed by atoms with Gasteiger partial charge in [-0.25, -0.2) is 9.79 Å². The summed E-state index contributed by atoms with van der Waals surface area (Å²) in [6.45, 7) is 5.03. The van der Waals surface area contributed by atoms with E-state index in [9.17, 15) is 9.90 Å². The van der Waals surface area contributed by atoms with Crippen LogP contribution in [0.25, 0.3) is 11.7 Å².